The molecule has 0 atom stereocenters. The van der Waals surface area contributed by atoms with Crippen molar-refractivity contribution in [3.05, 3.63) is 34.8 Å². The monoisotopic (exact) mass is 279 g/mol. The van der Waals surface area contributed by atoms with Gasteiger partial charge in [0.2, 0.25) is 0 Å². The Morgan fingerprint density at radius 1 is 1.53 bits per heavy atom. The molecule has 0 saturated heterocycles. The lowest BCUT2D eigenvalue weighted by molar-refractivity contribution is -0.387. The predicted octanol–water partition coefficient (Wildman–Crippen LogP) is 1.80. The highest BCUT2D eigenvalue weighted by molar-refractivity contribution is 8.00. The van der Waals surface area contributed by atoms with Crippen LogP contribution in [0.5, 0.6) is 0 Å². The number of thioether (sulfide) groups is 1. The van der Waals surface area contributed by atoms with Gasteiger partial charge in [-0.3, -0.25) is 14.9 Å². The fourth-order valence-electron chi connectivity index (χ4n) is 1.45. The molecule has 0 saturated carbocycles. The number of benzene rings is 1. The molecular formula is C11H9N3O4S. The number of nitro groups is 1. The number of hydrogen-bond acceptors (Lipinski definition) is 7. The van der Waals surface area contributed by atoms with Crippen molar-refractivity contribution >= 4 is 34.3 Å². The summed E-state index contributed by atoms with van der Waals surface area (Å²) in [6.07, 6.45) is 2.87. The summed E-state index contributed by atoms with van der Waals surface area (Å²) < 4.78 is 4.50. The first-order valence-electron chi connectivity index (χ1n) is 5.19. The van der Waals surface area contributed by atoms with Crippen molar-refractivity contribution in [1.82, 2.24) is 9.97 Å². The zero-order valence-corrected chi connectivity index (χ0v) is 10.7. The number of aromatic nitrogens is 2. The van der Waals surface area contributed by atoms with Gasteiger partial charge in [-0.2, -0.15) is 0 Å². The minimum absolute atomic E-state index is 0.00787. The van der Waals surface area contributed by atoms with Gasteiger partial charge in [0.1, 0.15) is 6.33 Å². The van der Waals surface area contributed by atoms with E-state index in [0.717, 1.165) is 11.8 Å². The Balaban J connectivity index is 2.42. The highest BCUT2D eigenvalue weighted by Crippen LogP contribution is 2.32. The average Bonchev–Trinajstić information content (AvgIpc) is 2.43. The van der Waals surface area contributed by atoms with E-state index >= 15 is 0 Å². The number of carbonyl (C=O) groups is 1. The Morgan fingerprint density at radius 2 is 2.32 bits per heavy atom. The van der Waals surface area contributed by atoms with Gasteiger partial charge in [-0.15, -0.1) is 11.8 Å². The van der Waals surface area contributed by atoms with E-state index < -0.39 is 10.9 Å². The first-order chi connectivity index (χ1) is 9.11. The van der Waals surface area contributed by atoms with E-state index in [4.69, 9.17) is 0 Å². The number of nitrogens with zero attached hydrogens (tertiary/aromatic N) is 3. The zero-order chi connectivity index (χ0) is 13.8. The van der Waals surface area contributed by atoms with Gasteiger partial charge in [-0.05, 0) is 6.07 Å². The molecule has 1 aromatic heterocycles. The minimum atomic E-state index is -0.494. The van der Waals surface area contributed by atoms with Crippen LogP contribution in [-0.2, 0) is 9.53 Å². The molecule has 0 aliphatic heterocycles. The molecule has 2 aromatic rings. The average molecular weight is 279 g/mol. The maximum Gasteiger partial charge on any atom is 0.315 e. The molecule has 0 unspecified atom stereocenters. The fraction of sp³-hybridized carbons (Fsp3) is 0.182. The quantitative estimate of drug-likeness (QED) is 0.364. The standard InChI is InChI=1S/C11H9N3O4S/c1-18-11(15)5-19-10-3-8-7(4-12-6-13-8)2-9(10)14(16)17/h2-4,6H,5H2,1H3. The zero-order valence-electron chi connectivity index (χ0n) is 9.90. The number of rotatable bonds is 4. The third-order valence-corrected chi connectivity index (χ3v) is 3.37. The third-order valence-electron chi connectivity index (χ3n) is 2.36. The topological polar surface area (TPSA) is 95.2 Å². The molecule has 98 valence electrons. The van der Waals surface area contributed by atoms with Gasteiger partial charge >= 0.3 is 5.97 Å². The van der Waals surface area contributed by atoms with Gasteiger partial charge in [-0.1, -0.05) is 0 Å². The van der Waals surface area contributed by atoms with Gasteiger partial charge in [0.05, 0.1) is 28.2 Å². The summed E-state index contributed by atoms with van der Waals surface area (Å²) in [6.45, 7) is 0. The Labute approximate surface area is 112 Å². The van der Waals surface area contributed by atoms with E-state index in [-0.39, 0.29) is 11.4 Å². The molecule has 19 heavy (non-hydrogen) atoms. The summed E-state index contributed by atoms with van der Waals surface area (Å²) >= 11 is 1.05. The number of ether oxygens (including phenoxy) is 1. The van der Waals surface area contributed by atoms with Crippen molar-refractivity contribution in [3.63, 3.8) is 0 Å². The van der Waals surface area contributed by atoms with Crippen LogP contribution in [-0.4, -0.2) is 33.7 Å². The van der Waals surface area contributed by atoms with Crippen LogP contribution in [0.3, 0.4) is 0 Å². The largest absolute Gasteiger partial charge is 0.468 e. The normalized spacial score (nSPS) is 10.4. The summed E-state index contributed by atoms with van der Waals surface area (Å²) in [7, 11) is 1.27. The van der Waals surface area contributed by atoms with Gasteiger partial charge in [0, 0.05) is 17.6 Å². The lowest BCUT2D eigenvalue weighted by Crippen LogP contribution is -2.03. The number of fused-ring (bicyclic) bond motifs is 1. The van der Waals surface area contributed by atoms with E-state index in [0.29, 0.717) is 15.8 Å². The Morgan fingerprint density at radius 3 is 3.00 bits per heavy atom. The molecule has 0 amide bonds. The predicted molar refractivity (Wildman–Crippen MR) is 68.9 cm³/mol. The van der Waals surface area contributed by atoms with Crippen LogP contribution < -0.4 is 0 Å². The molecule has 8 heteroatoms. The van der Waals surface area contributed by atoms with Crippen LogP contribution in [0.2, 0.25) is 0 Å². The van der Waals surface area contributed by atoms with Crippen molar-refractivity contribution in [2.24, 2.45) is 0 Å². The van der Waals surface area contributed by atoms with Crippen LogP contribution in [0.4, 0.5) is 5.69 Å². The van der Waals surface area contributed by atoms with Gasteiger partial charge in [0.15, 0.2) is 0 Å². The first kappa shape index (κ1) is 13.2. The number of esters is 1. The van der Waals surface area contributed by atoms with Gasteiger partial charge < -0.3 is 4.74 Å². The number of nitro benzene ring substituents is 1. The minimum Gasteiger partial charge on any atom is -0.468 e. The molecule has 2 rings (SSSR count). The second-order valence-electron chi connectivity index (χ2n) is 3.52. The van der Waals surface area contributed by atoms with Crippen LogP contribution in [0.15, 0.2) is 29.6 Å². The Kier molecular flexibility index (Phi) is 3.91. The SMILES string of the molecule is COC(=O)CSc1cc2ncncc2cc1[N+](=O)[O-]. The maximum atomic E-state index is 11.1. The molecule has 1 heterocycles. The molecule has 0 N–H and O–H groups in total. The third kappa shape index (κ3) is 2.97. The van der Waals surface area contributed by atoms with Crippen molar-refractivity contribution < 1.29 is 14.5 Å². The second kappa shape index (κ2) is 5.61. The fourth-order valence-corrected chi connectivity index (χ4v) is 2.32. The molecule has 0 aliphatic carbocycles. The van der Waals surface area contributed by atoms with Gasteiger partial charge in [-0.25, -0.2) is 9.97 Å². The summed E-state index contributed by atoms with van der Waals surface area (Å²) in [5.41, 5.74) is 0.518. The Hall–Kier alpha value is -2.22. The number of hydrogen-bond donors (Lipinski definition) is 0. The molecule has 0 spiro atoms. The highest BCUT2D eigenvalue weighted by atomic mass is 32.2. The van der Waals surface area contributed by atoms with Gasteiger partial charge in [0.25, 0.3) is 5.69 Å². The maximum absolute atomic E-state index is 11.1. The second-order valence-corrected chi connectivity index (χ2v) is 4.54. The van der Waals surface area contributed by atoms with Crippen molar-refractivity contribution in [1.29, 1.82) is 0 Å². The molecule has 7 nitrogen and oxygen atoms in total. The highest BCUT2D eigenvalue weighted by Gasteiger charge is 2.17. The van der Waals surface area contributed by atoms with Crippen LogP contribution in [0.1, 0.15) is 0 Å². The summed E-state index contributed by atoms with van der Waals surface area (Å²) in [6, 6.07) is 2.97. The van der Waals surface area contributed by atoms with E-state index in [9.17, 15) is 14.9 Å². The summed E-state index contributed by atoms with van der Waals surface area (Å²) in [5.74, 6) is -0.435. The summed E-state index contributed by atoms with van der Waals surface area (Å²) in [4.78, 5) is 29.8. The molecule has 0 radical (unpaired) electrons. The van der Waals surface area contributed by atoms with E-state index in [2.05, 4.69) is 14.7 Å². The van der Waals surface area contributed by atoms with Crippen LogP contribution in [0.25, 0.3) is 10.9 Å². The summed E-state index contributed by atoms with van der Waals surface area (Å²) in [5, 5.41) is 11.6. The molecule has 1 aromatic carbocycles. The van der Waals surface area contributed by atoms with Crippen molar-refractivity contribution in [3.8, 4) is 0 Å². The lowest BCUT2D eigenvalue weighted by Gasteiger charge is -2.04. The molecule has 0 aliphatic rings. The van der Waals surface area contributed by atoms with Crippen molar-refractivity contribution in [2.75, 3.05) is 12.9 Å². The van der Waals surface area contributed by atoms with E-state index in [1.54, 1.807) is 6.07 Å². The van der Waals surface area contributed by atoms with Crippen molar-refractivity contribution in [2.45, 2.75) is 4.90 Å². The number of carbonyl (C=O) groups excluding carboxylic acids is 1. The Bertz CT molecular complexity index is 647. The van der Waals surface area contributed by atoms with E-state index in [1.165, 1.54) is 25.7 Å². The molecular weight excluding hydrogens is 270 g/mol. The molecule has 0 bridgehead atoms. The number of methoxy groups -OCH3 is 1. The van der Waals surface area contributed by atoms with E-state index in [1.807, 2.05) is 0 Å². The first-order valence-corrected chi connectivity index (χ1v) is 6.18. The molecule has 0 fully saturated rings. The lowest BCUT2D eigenvalue weighted by atomic mass is 10.2. The van der Waals surface area contributed by atoms with Crippen LogP contribution >= 0.6 is 11.8 Å². The smallest absolute Gasteiger partial charge is 0.315 e. The van der Waals surface area contributed by atoms with Crippen LogP contribution in [0, 0.1) is 10.1 Å².